The van der Waals surface area contributed by atoms with Crippen LogP contribution in [0.2, 0.25) is 0 Å². The van der Waals surface area contributed by atoms with Crippen LogP contribution in [-0.2, 0) is 0 Å². The molecule has 2 amide bonds. The summed E-state index contributed by atoms with van der Waals surface area (Å²) >= 11 is 0. The number of terminal acetylenes is 1. The summed E-state index contributed by atoms with van der Waals surface area (Å²) < 4.78 is 4.98. The summed E-state index contributed by atoms with van der Waals surface area (Å²) in [5.41, 5.74) is 0.643. The standard InChI is InChI=1S/C16H22N4O2/c1-3-4-9-20-10-7-13(8-11-20)18-16(21)19-14-5-6-15(22-2)17-12-14/h1,5-6,12-13H,4,7-11H2,2H3,(H2,18,19,21). The Balaban J connectivity index is 1.72. The van der Waals surface area contributed by atoms with Crippen molar-refractivity contribution < 1.29 is 9.53 Å². The highest BCUT2D eigenvalue weighted by atomic mass is 16.5. The van der Waals surface area contributed by atoms with Crippen LogP contribution in [0.1, 0.15) is 19.3 Å². The maximum absolute atomic E-state index is 12.0. The number of carbonyl (C=O) groups excluding carboxylic acids is 1. The lowest BCUT2D eigenvalue weighted by atomic mass is 10.1. The summed E-state index contributed by atoms with van der Waals surface area (Å²) in [7, 11) is 1.55. The molecule has 1 aliphatic heterocycles. The highest BCUT2D eigenvalue weighted by molar-refractivity contribution is 5.89. The highest BCUT2D eigenvalue weighted by Gasteiger charge is 2.20. The fourth-order valence-corrected chi connectivity index (χ4v) is 2.45. The van der Waals surface area contributed by atoms with E-state index in [0.29, 0.717) is 11.6 Å². The van der Waals surface area contributed by atoms with Gasteiger partial charge in [0.15, 0.2) is 0 Å². The molecule has 0 radical (unpaired) electrons. The second-order valence-corrected chi connectivity index (χ2v) is 5.26. The van der Waals surface area contributed by atoms with Gasteiger partial charge in [0.05, 0.1) is 19.0 Å². The number of anilines is 1. The van der Waals surface area contributed by atoms with E-state index in [9.17, 15) is 4.79 Å². The largest absolute Gasteiger partial charge is 0.481 e. The van der Waals surface area contributed by atoms with Gasteiger partial charge in [-0.2, -0.15) is 0 Å². The Bertz CT molecular complexity index is 516. The van der Waals surface area contributed by atoms with Gasteiger partial charge in [0, 0.05) is 38.2 Å². The third kappa shape index (κ3) is 4.93. The van der Waals surface area contributed by atoms with Gasteiger partial charge in [-0.05, 0) is 18.9 Å². The van der Waals surface area contributed by atoms with Crippen molar-refractivity contribution >= 4 is 11.7 Å². The molecule has 118 valence electrons. The molecule has 0 spiro atoms. The number of pyridine rings is 1. The van der Waals surface area contributed by atoms with Gasteiger partial charge in [0.25, 0.3) is 0 Å². The van der Waals surface area contributed by atoms with Gasteiger partial charge in [-0.25, -0.2) is 9.78 Å². The molecule has 0 atom stereocenters. The Kier molecular flexibility index (Phi) is 6.04. The maximum atomic E-state index is 12.0. The van der Waals surface area contributed by atoms with E-state index >= 15 is 0 Å². The van der Waals surface area contributed by atoms with Crippen molar-refractivity contribution in [2.45, 2.75) is 25.3 Å². The minimum atomic E-state index is -0.200. The van der Waals surface area contributed by atoms with Crippen LogP contribution >= 0.6 is 0 Å². The van der Waals surface area contributed by atoms with E-state index in [1.807, 2.05) is 0 Å². The molecule has 6 nitrogen and oxygen atoms in total. The number of nitrogens with zero attached hydrogens (tertiary/aromatic N) is 2. The number of hydrogen-bond donors (Lipinski definition) is 2. The first-order valence-corrected chi connectivity index (χ1v) is 7.44. The van der Waals surface area contributed by atoms with Gasteiger partial charge in [-0.3, -0.25) is 0 Å². The molecule has 1 fully saturated rings. The zero-order chi connectivity index (χ0) is 15.8. The molecule has 1 aliphatic rings. The zero-order valence-corrected chi connectivity index (χ0v) is 12.8. The van der Waals surface area contributed by atoms with E-state index in [2.05, 4.69) is 26.4 Å². The number of ether oxygens (including phenoxy) is 1. The van der Waals surface area contributed by atoms with Crippen LogP contribution < -0.4 is 15.4 Å². The maximum Gasteiger partial charge on any atom is 0.319 e. The SMILES string of the molecule is C#CCCN1CCC(NC(=O)Nc2ccc(OC)nc2)CC1. The summed E-state index contributed by atoms with van der Waals surface area (Å²) in [6.07, 6.45) is 9.51. The van der Waals surface area contributed by atoms with Crippen LogP contribution in [0.5, 0.6) is 5.88 Å². The molecule has 0 unspecified atom stereocenters. The van der Waals surface area contributed by atoms with Crippen molar-refractivity contribution in [2.24, 2.45) is 0 Å². The third-order valence-corrected chi connectivity index (χ3v) is 3.70. The number of piperidine rings is 1. The fraction of sp³-hybridized carbons (Fsp3) is 0.500. The fourth-order valence-electron chi connectivity index (χ4n) is 2.45. The summed E-state index contributed by atoms with van der Waals surface area (Å²) in [5.74, 6) is 3.18. The predicted molar refractivity (Wildman–Crippen MR) is 85.9 cm³/mol. The van der Waals surface area contributed by atoms with Gasteiger partial charge < -0.3 is 20.3 Å². The van der Waals surface area contributed by atoms with E-state index in [4.69, 9.17) is 11.2 Å². The average molecular weight is 302 g/mol. The molecule has 6 heteroatoms. The van der Waals surface area contributed by atoms with Crippen molar-refractivity contribution in [2.75, 3.05) is 32.1 Å². The molecule has 2 N–H and O–H groups in total. The van der Waals surface area contributed by atoms with Crippen molar-refractivity contribution in [3.05, 3.63) is 18.3 Å². The van der Waals surface area contributed by atoms with E-state index in [-0.39, 0.29) is 12.1 Å². The molecular weight excluding hydrogens is 280 g/mol. The quantitative estimate of drug-likeness (QED) is 0.813. The first-order chi connectivity index (χ1) is 10.7. The van der Waals surface area contributed by atoms with E-state index < -0.39 is 0 Å². The number of carbonyl (C=O) groups is 1. The minimum Gasteiger partial charge on any atom is -0.481 e. The number of urea groups is 1. The molecule has 22 heavy (non-hydrogen) atoms. The lowest BCUT2D eigenvalue weighted by Gasteiger charge is -2.31. The second kappa shape index (κ2) is 8.25. The summed E-state index contributed by atoms with van der Waals surface area (Å²) in [6, 6.07) is 3.47. The van der Waals surface area contributed by atoms with Crippen LogP contribution in [0.15, 0.2) is 18.3 Å². The number of amides is 2. The number of rotatable bonds is 5. The normalized spacial score (nSPS) is 15.8. The molecule has 0 saturated carbocycles. The van der Waals surface area contributed by atoms with Crippen molar-refractivity contribution in [3.63, 3.8) is 0 Å². The van der Waals surface area contributed by atoms with E-state index in [1.54, 1.807) is 25.4 Å². The predicted octanol–water partition coefficient (Wildman–Crippen LogP) is 1.70. The van der Waals surface area contributed by atoms with Gasteiger partial charge in [0.1, 0.15) is 0 Å². The Morgan fingerprint density at radius 3 is 2.86 bits per heavy atom. The van der Waals surface area contributed by atoms with E-state index in [0.717, 1.165) is 38.9 Å². The van der Waals surface area contributed by atoms with Crippen molar-refractivity contribution in [1.29, 1.82) is 0 Å². The average Bonchev–Trinajstić information content (AvgIpc) is 2.55. The number of nitrogens with one attached hydrogen (secondary N) is 2. The van der Waals surface area contributed by atoms with Gasteiger partial charge >= 0.3 is 6.03 Å². The Morgan fingerprint density at radius 2 is 2.27 bits per heavy atom. The molecule has 1 aromatic heterocycles. The van der Waals surface area contributed by atoms with Gasteiger partial charge in [-0.1, -0.05) is 0 Å². The smallest absolute Gasteiger partial charge is 0.319 e. The second-order valence-electron chi connectivity index (χ2n) is 5.26. The molecule has 2 rings (SSSR count). The van der Waals surface area contributed by atoms with Crippen LogP contribution in [-0.4, -0.2) is 48.7 Å². The lowest BCUT2D eigenvalue weighted by molar-refractivity contribution is 0.199. The highest BCUT2D eigenvalue weighted by Crippen LogP contribution is 2.13. The first kappa shape index (κ1) is 16.1. The molecular formula is C16H22N4O2. The summed E-state index contributed by atoms with van der Waals surface area (Å²) in [6.45, 7) is 2.88. The first-order valence-electron chi connectivity index (χ1n) is 7.44. The Morgan fingerprint density at radius 1 is 1.50 bits per heavy atom. The van der Waals surface area contributed by atoms with E-state index in [1.165, 1.54) is 0 Å². The Labute approximate surface area is 131 Å². The van der Waals surface area contributed by atoms with Crippen molar-refractivity contribution in [1.82, 2.24) is 15.2 Å². The van der Waals surface area contributed by atoms with Crippen LogP contribution in [0.4, 0.5) is 10.5 Å². The molecule has 0 aromatic carbocycles. The van der Waals surface area contributed by atoms with Gasteiger partial charge in [0.2, 0.25) is 5.88 Å². The molecule has 2 heterocycles. The molecule has 0 bridgehead atoms. The lowest BCUT2D eigenvalue weighted by Crippen LogP contribution is -2.46. The molecule has 0 aliphatic carbocycles. The van der Waals surface area contributed by atoms with Crippen LogP contribution in [0, 0.1) is 12.3 Å². The summed E-state index contributed by atoms with van der Waals surface area (Å²) in [4.78, 5) is 18.4. The Hall–Kier alpha value is -2.26. The number of hydrogen-bond acceptors (Lipinski definition) is 4. The zero-order valence-electron chi connectivity index (χ0n) is 12.8. The van der Waals surface area contributed by atoms with Gasteiger partial charge in [-0.15, -0.1) is 12.3 Å². The van der Waals surface area contributed by atoms with Crippen molar-refractivity contribution in [3.8, 4) is 18.2 Å². The monoisotopic (exact) mass is 302 g/mol. The molecule has 1 saturated heterocycles. The molecule has 1 aromatic rings. The summed E-state index contributed by atoms with van der Waals surface area (Å²) in [5, 5.41) is 5.77. The van der Waals surface area contributed by atoms with Crippen LogP contribution in [0.3, 0.4) is 0 Å². The third-order valence-electron chi connectivity index (χ3n) is 3.70. The number of aromatic nitrogens is 1. The number of likely N-dealkylation sites (tertiary alicyclic amines) is 1. The minimum absolute atomic E-state index is 0.200. The number of methoxy groups -OCH3 is 1. The topological polar surface area (TPSA) is 66.5 Å². The van der Waals surface area contributed by atoms with Crippen LogP contribution in [0.25, 0.3) is 0 Å².